The van der Waals surface area contributed by atoms with E-state index < -0.39 is 15.9 Å². The number of nitrogens with one attached hydrogen (secondary N) is 1. The van der Waals surface area contributed by atoms with Crippen molar-refractivity contribution in [2.75, 3.05) is 31.6 Å². The van der Waals surface area contributed by atoms with Crippen LogP contribution in [0, 0.1) is 0 Å². The molecular formula is C23H22N2O6S. The number of hydrogen-bond donors (Lipinski definition) is 1. The Hall–Kier alpha value is -3.40. The van der Waals surface area contributed by atoms with Crippen molar-refractivity contribution in [3.63, 3.8) is 0 Å². The number of anilines is 1. The lowest BCUT2D eigenvalue weighted by Gasteiger charge is -2.26. The van der Waals surface area contributed by atoms with Crippen molar-refractivity contribution in [1.29, 1.82) is 0 Å². The van der Waals surface area contributed by atoms with E-state index in [0.29, 0.717) is 30.5 Å². The van der Waals surface area contributed by atoms with Crippen LogP contribution in [0.4, 0.5) is 5.69 Å². The SMILES string of the molecule is O=C(C=Cc1ccco1)Nc1cc(S(=O)(=O)N2CCOCC2)ccc1Oc1ccccc1. The fourth-order valence-electron chi connectivity index (χ4n) is 3.13. The maximum absolute atomic E-state index is 13.1. The number of benzene rings is 2. The Kier molecular flexibility index (Phi) is 6.69. The minimum atomic E-state index is -3.74. The number of sulfonamides is 1. The highest BCUT2D eigenvalue weighted by Crippen LogP contribution is 2.33. The highest BCUT2D eigenvalue weighted by Gasteiger charge is 2.27. The zero-order chi connectivity index (χ0) is 22.4. The van der Waals surface area contributed by atoms with Crippen molar-refractivity contribution in [3.05, 3.63) is 78.8 Å². The Morgan fingerprint density at radius 3 is 2.53 bits per heavy atom. The Labute approximate surface area is 186 Å². The van der Waals surface area contributed by atoms with Crippen LogP contribution in [-0.4, -0.2) is 44.9 Å². The number of para-hydroxylation sites is 1. The molecule has 1 amide bonds. The zero-order valence-electron chi connectivity index (χ0n) is 17.1. The van der Waals surface area contributed by atoms with Crippen LogP contribution < -0.4 is 10.1 Å². The summed E-state index contributed by atoms with van der Waals surface area (Å²) in [5.41, 5.74) is 0.234. The van der Waals surface area contributed by atoms with Crippen LogP contribution in [0.1, 0.15) is 5.76 Å². The quantitative estimate of drug-likeness (QED) is 0.546. The molecule has 1 fully saturated rings. The summed E-state index contributed by atoms with van der Waals surface area (Å²) in [5, 5.41) is 2.71. The lowest BCUT2D eigenvalue weighted by atomic mass is 10.2. The molecule has 3 aromatic rings. The van der Waals surface area contributed by atoms with Crippen LogP contribution in [-0.2, 0) is 19.6 Å². The Balaban J connectivity index is 1.63. The molecule has 32 heavy (non-hydrogen) atoms. The van der Waals surface area contributed by atoms with E-state index in [4.69, 9.17) is 13.9 Å². The molecule has 0 saturated carbocycles. The number of carbonyl (C=O) groups is 1. The molecule has 8 nitrogen and oxygen atoms in total. The summed E-state index contributed by atoms with van der Waals surface area (Å²) in [6.45, 7) is 1.24. The molecule has 1 N–H and O–H groups in total. The third-order valence-corrected chi connectivity index (χ3v) is 6.62. The first-order valence-corrected chi connectivity index (χ1v) is 11.4. The Morgan fingerprint density at radius 2 is 1.81 bits per heavy atom. The van der Waals surface area contributed by atoms with Gasteiger partial charge in [-0.05, 0) is 48.5 Å². The van der Waals surface area contributed by atoms with Crippen molar-refractivity contribution in [1.82, 2.24) is 4.31 Å². The molecule has 1 aliphatic rings. The van der Waals surface area contributed by atoms with Crippen molar-refractivity contribution in [3.8, 4) is 11.5 Å². The molecule has 1 aliphatic heterocycles. The molecule has 2 aromatic carbocycles. The van der Waals surface area contributed by atoms with Gasteiger partial charge in [0.25, 0.3) is 0 Å². The summed E-state index contributed by atoms with van der Waals surface area (Å²) in [5.74, 6) is 0.930. The normalized spacial score (nSPS) is 15.0. The first-order chi connectivity index (χ1) is 15.5. The van der Waals surface area contributed by atoms with E-state index >= 15 is 0 Å². The van der Waals surface area contributed by atoms with Crippen LogP contribution in [0.25, 0.3) is 6.08 Å². The fraction of sp³-hybridized carbons (Fsp3) is 0.174. The standard InChI is InChI=1S/C23H22N2O6S/c26-23(11-8-18-7-4-14-30-18)24-21-17-20(32(27,28)25-12-15-29-16-13-25)9-10-22(21)31-19-5-2-1-3-6-19/h1-11,14,17H,12-13,15-16H2,(H,24,26). The molecule has 0 bridgehead atoms. The molecule has 166 valence electrons. The number of rotatable bonds is 7. The summed E-state index contributed by atoms with van der Waals surface area (Å²) in [4.78, 5) is 12.6. The van der Waals surface area contributed by atoms with E-state index in [0.717, 1.165) is 0 Å². The van der Waals surface area contributed by atoms with Gasteiger partial charge in [0, 0.05) is 19.2 Å². The molecule has 9 heteroatoms. The lowest BCUT2D eigenvalue weighted by molar-refractivity contribution is -0.111. The van der Waals surface area contributed by atoms with Crippen molar-refractivity contribution < 1.29 is 27.1 Å². The van der Waals surface area contributed by atoms with Crippen molar-refractivity contribution in [2.45, 2.75) is 4.90 Å². The van der Waals surface area contributed by atoms with Crippen LogP contribution in [0.3, 0.4) is 0 Å². The molecule has 0 aliphatic carbocycles. The van der Waals surface area contributed by atoms with Gasteiger partial charge in [-0.15, -0.1) is 0 Å². The average Bonchev–Trinajstić information content (AvgIpc) is 3.34. The number of carbonyl (C=O) groups excluding carboxylic acids is 1. The third-order valence-electron chi connectivity index (χ3n) is 4.73. The summed E-state index contributed by atoms with van der Waals surface area (Å²) < 4.78 is 43.8. The molecule has 4 rings (SSSR count). The second-order valence-corrected chi connectivity index (χ2v) is 8.87. The maximum atomic E-state index is 13.1. The highest BCUT2D eigenvalue weighted by molar-refractivity contribution is 7.89. The van der Waals surface area contributed by atoms with E-state index in [1.165, 1.54) is 40.9 Å². The minimum Gasteiger partial charge on any atom is -0.465 e. The molecule has 1 saturated heterocycles. The predicted molar refractivity (Wildman–Crippen MR) is 119 cm³/mol. The summed E-state index contributed by atoms with van der Waals surface area (Å²) >= 11 is 0. The van der Waals surface area contributed by atoms with Gasteiger partial charge in [-0.2, -0.15) is 4.31 Å². The van der Waals surface area contributed by atoms with Gasteiger partial charge in [0.2, 0.25) is 15.9 Å². The van der Waals surface area contributed by atoms with E-state index in [1.807, 2.05) is 18.2 Å². The average molecular weight is 455 g/mol. The molecule has 0 spiro atoms. The van der Waals surface area contributed by atoms with Crippen molar-refractivity contribution in [2.24, 2.45) is 0 Å². The Morgan fingerprint density at radius 1 is 1.03 bits per heavy atom. The maximum Gasteiger partial charge on any atom is 0.248 e. The van der Waals surface area contributed by atoms with E-state index in [1.54, 1.807) is 24.3 Å². The van der Waals surface area contributed by atoms with E-state index in [2.05, 4.69) is 5.32 Å². The second kappa shape index (κ2) is 9.82. The smallest absolute Gasteiger partial charge is 0.248 e. The fourth-order valence-corrected chi connectivity index (χ4v) is 4.56. The van der Waals surface area contributed by atoms with Gasteiger partial charge >= 0.3 is 0 Å². The van der Waals surface area contributed by atoms with Crippen LogP contribution in [0.15, 0.2) is 82.3 Å². The summed E-state index contributed by atoms with van der Waals surface area (Å²) in [7, 11) is -3.74. The molecule has 0 unspecified atom stereocenters. The Bertz CT molecular complexity index is 1180. The van der Waals surface area contributed by atoms with Gasteiger partial charge in [-0.3, -0.25) is 4.79 Å². The largest absolute Gasteiger partial charge is 0.465 e. The van der Waals surface area contributed by atoms with Gasteiger partial charge in [-0.1, -0.05) is 18.2 Å². The zero-order valence-corrected chi connectivity index (χ0v) is 18.0. The van der Waals surface area contributed by atoms with Gasteiger partial charge in [0.05, 0.1) is 30.1 Å². The minimum absolute atomic E-state index is 0.0603. The predicted octanol–water partition coefficient (Wildman–Crippen LogP) is 3.74. The van der Waals surface area contributed by atoms with Gasteiger partial charge in [-0.25, -0.2) is 8.42 Å². The van der Waals surface area contributed by atoms with Crippen LogP contribution in [0.2, 0.25) is 0 Å². The number of nitrogens with zero attached hydrogens (tertiary/aromatic N) is 1. The van der Waals surface area contributed by atoms with E-state index in [9.17, 15) is 13.2 Å². The molecular weight excluding hydrogens is 432 g/mol. The topological polar surface area (TPSA) is 98.1 Å². The molecule has 0 radical (unpaired) electrons. The van der Waals surface area contributed by atoms with Gasteiger partial charge in [0.15, 0.2) is 5.75 Å². The number of ether oxygens (including phenoxy) is 2. The molecule has 0 atom stereocenters. The second-order valence-electron chi connectivity index (χ2n) is 6.93. The number of morpholine rings is 1. The van der Waals surface area contributed by atoms with Crippen LogP contribution in [0.5, 0.6) is 11.5 Å². The summed E-state index contributed by atoms with van der Waals surface area (Å²) in [6.07, 6.45) is 4.32. The number of hydrogen-bond acceptors (Lipinski definition) is 6. The van der Waals surface area contributed by atoms with Crippen LogP contribution >= 0.6 is 0 Å². The number of furan rings is 1. The van der Waals surface area contributed by atoms with Gasteiger partial charge < -0.3 is 19.2 Å². The van der Waals surface area contributed by atoms with Crippen molar-refractivity contribution >= 4 is 27.7 Å². The highest BCUT2D eigenvalue weighted by atomic mass is 32.2. The summed E-state index contributed by atoms with van der Waals surface area (Å²) in [6, 6.07) is 16.8. The number of amides is 1. The molecule has 1 aromatic heterocycles. The first-order valence-electron chi connectivity index (χ1n) is 10.00. The molecule has 2 heterocycles. The monoisotopic (exact) mass is 454 g/mol. The third kappa shape index (κ3) is 5.25. The van der Waals surface area contributed by atoms with Gasteiger partial charge in [0.1, 0.15) is 11.5 Å². The first kappa shape index (κ1) is 21.8. The lowest BCUT2D eigenvalue weighted by Crippen LogP contribution is -2.40. The van der Waals surface area contributed by atoms with E-state index in [-0.39, 0.29) is 23.7 Å².